The zero-order chi connectivity index (χ0) is 22.7. The van der Waals surface area contributed by atoms with Crippen LogP contribution in [0.4, 0.5) is 5.00 Å². The minimum absolute atomic E-state index is 0.166. The third kappa shape index (κ3) is 4.31. The van der Waals surface area contributed by atoms with Gasteiger partial charge in [-0.25, -0.2) is 0 Å². The molecule has 3 aromatic rings. The van der Waals surface area contributed by atoms with Gasteiger partial charge in [0, 0.05) is 17.5 Å². The summed E-state index contributed by atoms with van der Waals surface area (Å²) < 4.78 is 12.5. The van der Waals surface area contributed by atoms with E-state index in [1.54, 1.807) is 14.2 Å². The van der Waals surface area contributed by atoms with Gasteiger partial charge in [-0.15, -0.1) is 21.5 Å². The van der Waals surface area contributed by atoms with Crippen LogP contribution >= 0.6 is 23.1 Å². The average Bonchev–Trinajstić information content (AvgIpc) is 3.36. The summed E-state index contributed by atoms with van der Waals surface area (Å²) in [6.45, 7) is 0. The maximum Gasteiger partial charge on any atom is 0.235 e. The summed E-state index contributed by atoms with van der Waals surface area (Å²) in [5.41, 5.74) is 2.56. The number of methoxy groups -OCH3 is 2. The monoisotopic (exact) mass is 469 g/mol. The Bertz CT molecular complexity index is 1200. The number of nitriles is 1. The first-order valence-corrected chi connectivity index (χ1v) is 11.9. The number of nitrogens with zero attached hydrogens (tertiary/aromatic N) is 4. The molecule has 2 heterocycles. The van der Waals surface area contributed by atoms with Crippen LogP contribution in [0.25, 0.3) is 11.4 Å². The van der Waals surface area contributed by atoms with Crippen molar-refractivity contribution in [1.29, 1.82) is 5.26 Å². The molecule has 32 heavy (non-hydrogen) atoms. The second-order valence-electron chi connectivity index (χ2n) is 7.30. The number of hydrogen-bond acceptors (Lipinski definition) is 8. The van der Waals surface area contributed by atoms with Gasteiger partial charge < -0.3 is 19.4 Å². The molecule has 2 aromatic heterocycles. The number of fused-ring (bicyclic) bond motifs is 1. The largest absolute Gasteiger partial charge is 0.493 e. The Morgan fingerprint density at radius 1 is 1.25 bits per heavy atom. The lowest BCUT2D eigenvalue weighted by molar-refractivity contribution is -0.113. The highest BCUT2D eigenvalue weighted by Gasteiger charge is 2.22. The number of carbonyl (C=O) groups excluding carboxylic acids is 1. The van der Waals surface area contributed by atoms with Gasteiger partial charge in [0.25, 0.3) is 0 Å². The molecule has 1 amide bonds. The average molecular weight is 470 g/mol. The van der Waals surface area contributed by atoms with Crippen LogP contribution in [0.1, 0.15) is 28.8 Å². The third-order valence-corrected chi connectivity index (χ3v) is 7.57. The van der Waals surface area contributed by atoms with Crippen LogP contribution in [0.2, 0.25) is 0 Å². The Labute approximate surface area is 194 Å². The van der Waals surface area contributed by atoms with Crippen LogP contribution in [0.3, 0.4) is 0 Å². The van der Waals surface area contributed by atoms with Gasteiger partial charge >= 0.3 is 0 Å². The lowest BCUT2D eigenvalue weighted by Gasteiger charge is -2.09. The van der Waals surface area contributed by atoms with Crippen molar-refractivity contribution in [3.05, 3.63) is 34.2 Å². The third-order valence-electron chi connectivity index (χ3n) is 5.35. The van der Waals surface area contributed by atoms with E-state index in [0.717, 1.165) is 36.8 Å². The highest BCUT2D eigenvalue weighted by atomic mass is 32.2. The highest BCUT2D eigenvalue weighted by molar-refractivity contribution is 7.99. The predicted octanol–water partition coefficient (Wildman–Crippen LogP) is 4.04. The molecule has 1 aliphatic carbocycles. The van der Waals surface area contributed by atoms with Crippen molar-refractivity contribution in [3.63, 3.8) is 0 Å². The number of aromatic nitrogens is 3. The van der Waals surface area contributed by atoms with Crippen LogP contribution in [0.5, 0.6) is 11.5 Å². The van der Waals surface area contributed by atoms with Crippen LogP contribution in [0.15, 0.2) is 23.4 Å². The maximum atomic E-state index is 12.6. The molecule has 0 aliphatic heterocycles. The number of amides is 1. The lowest BCUT2D eigenvalue weighted by atomic mass is 9.96. The predicted molar refractivity (Wildman–Crippen MR) is 125 cm³/mol. The molecule has 0 atom stereocenters. The van der Waals surface area contributed by atoms with Crippen molar-refractivity contribution in [1.82, 2.24) is 14.8 Å². The Balaban J connectivity index is 1.44. The van der Waals surface area contributed by atoms with Crippen molar-refractivity contribution in [2.45, 2.75) is 30.8 Å². The minimum atomic E-state index is -0.166. The SMILES string of the molecule is COc1ccc(-c2nnc(SCC(=O)Nc3sc4c(c3C#N)CCCC4)n2C)cc1OC. The van der Waals surface area contributed by atoms with E-state index < -0.39 is 0 Å². The second kappa shape index (κ2) is 9.63. The van der Waals surface area contributed by atoms with E-state index in [4.69, 9.17) is 9.47 Å². The Morgan fingerprint density at radius 2 is 2.03 bits per heavy atom. The lowest BCUT2D eigenvalue weighted by Crippen LogP contribution is -2.14. The van der Waals surface area contributed by atoms with Crippen molar-refractivity contribution < 1.29 is 14.3 Å². The van der Waals surface area contributed by atoms with Crippen LogP contribution in [-0.4, -0.2) is 40.6 Å². The molecule has 1 aromatic carbocycles. The summed E-state index contributed by atoms with van der Waals surface area (Å²) >= 11 is 2.83. The standard InChI is InChI=1S/C22H23N5O3S2/c1-27-20(13-8-9-16(29-2)17(10-13)30-3)25-26-22(27)31-12-19(28)24-21-15(11-23)14-6-4-5-7-18(14)32-21/h8-10H,4-7,12H2,1-3H3,(H,24,28). The summed E-state index contributed by atoms with van der Waals surface area (Å²) in [5.74, 6) is 1.91. The Morgan fingerprint density at radius 3 is 2.78 bits per heavy atom. The van der Waals surface area contributed by atoms with Crippen molar-refractivity contribution >= 4 is 34.0 Å². The minimum Gasteiger partial charge on any atom is -0.493 e. The molecule has 0 unspecified atom stereocenters. The number of aryl methyl sites for hydroxylation is 1. The Hall–Kier alpha value is -3.03. The van der Waals surface area contributed by atoms with Gasteiger partial charge in [-0.05, 0) is 49.4 Å². The van der Waals surface area contributed by atoms with Crippen molar-refractivity contribution in [2.24, 2.45) is 7.05 Å². The number of thioether (sulfide) groups is 1. The molecule has 10 heteroatoms. The molecule has 0 spiro atoms. The maximum absolute atomic E-state index is 12.6. The summed E-state index contributed by atoms with van der Waals surface area (Å²) in [6.07, 6.45) is 4.13. The zero-order valence-corrected chi connectivity index (χ0v) is 19.7. The summed E-state index contributed by atoms with van der Waals surface area (Å²) in [4.78, 5) is 13.8. The van der Waals surface area contributed by atoms with Crippen molar-refractivity contribution in [2.75, 3.05) is 25.3 Å². The molecule has 0 saturated carbocycles. The van der Waals surface area contributed by atoms with Gasteiger partial charge in [0.05, 0.1) is 25.5 Å². The van der Waals surface area contributed by atoms with Crippen LogP contribution in [-0.2, 0) is 24.7 Å². The molecule has 0 saturated heterocycles. The number of benzene rings is 1. The molecule has 8 nitrogen and oxygen atoms in total. The first-order valence-electron chi connectivity index (χ1n) is 10.1. The van der Waals surface area contributed by atoms with E-state index in [-0.39, 0.29) is 11.7 Å². The Kier molecular flexibility index (Phi) is 6.67. The summed E-state index contributed by atoms with van der Waals surface area (Å²) in [6, 6.07) is 7.81. The van der Waals surface area contributed by atoms with Gasteiger partial charge in [-0.1, -0.05) is 11.8 Å². The highest BCUT2D eigenvalue weighted by Crippen LogP contribution is 2.38. The molecule has 0 bridgehead atoms. The summed E-state index contributed by atoms with van der Waals surface area (Å²) in [5, 5.41) is 22.3. The molecule has 4 rings (SSSR count). The quantitative estimate of drug-likeness (QED) is 0.521. The second-order valence-corrected chi connectivity index (χ2v) is 9.35. The molecule has 1 N–H and O–H groups in total. The number of hydrogen-bond donors (Lipinski definition) is 1. The topological polar surface area (TPSA) is 102 Å². The van der Waals surface area contributed by atoms with Gasteiger partial charge in [-0.3, -0.25) is 4.79 Å². The summed E-state index contributed by atoms with van der Waals surface area (Å²) in [7, 11) is 5.03. The fourth-order valence-corrected chi connectivity index (χ4v) is 5.70. The smallest absolute Gasteiger partial charge is 0.235 e. The van der Waals surface area contributed by atoms with E-state index in [1.165, 1.54) is 28.0 Å². The molecule has 1 aliphatic rings. The van der Waals surface area contributed by atoms with Crippen molar-refractivity contribution in [3.8, 4) is 29.0 Å². The van der Waals surface area contributed by atoms with E-state index in [2.05, 4.69) is 21.6 Å². The molecular weight excluding hydrogens is 446 g/mol. The molecular formula is C22H23N5O3S2. The number of rotatable bonds is 7. The fraction of sp³-hybridized carbons (Fsp3) is 0.364. The molecule has 0 radical (unpaired) electrons. The van der Waals surface area contributed by atoms with E-state index in [0.29, 0.717) is 33.0 Å². The van der Waals surface area contributed by atoms with Crippen LogP contribution < -0.4 is 14.8 Å². The van der Waals surface area contributed by atoms with Gasteiger partial charge in [0.1, 0.15) is 11.1 Å². The fourth-order valence-electron chi connectivity index (χ4n) is 3.73. The first-order chi connectivity index (χ1) is 15.5. The van der Waals surface area contributed by atoms with Crippen LogP contribution in [0, 0.1) is 11.3 Å². The number of carbonyl (C=O) groups is 1. The van der Waals surface area contributed by atoms with E-state index in [9.17, 15) is 10.1 Å². The van der Waals surface area contributed by atoms with Gasteiger partial charge in [-0.2, -0.15) is 5.26 Å². The van der Waals surface area contributed by atoms with Gasteiger partial charge in [0.2, 0.25) is 5.91 Å². The molecule has 0 fully saturated rings. The van der Waals surface area contributed by atoms with E-state index in [1.807, 2.05) is 29.8 Å². The number of nitrogens with one attached hydrogen (secondary N) is 1. The number of thiophene rings is 1. The molecule has 166 valence electrons. The number of ether oxygens (including phenoxy) is 2. The first kappa shape index (κ1) is 22.2. The normalized spacial score (nSPS) is 12.7. The van der Waals surface area contributed by atoms with E-state index >= 15 is 0 Å². The number of anilines is 1. The zero-order valence-electron chi connectivity index (χ0n) is 18.1. The van der Waals surface area contributed by atoms with Gasteiger partial charge in [0.15, 0.2) is 22.5 Å².